The molecule has 0 aliphatic carbocycles. The summed E-state index contributed by atoms with van der Waals surface area (Å²) in [5, 5.41) is 6.04. The molecule has 25 heavy (non-hydrogen) atoms. The van der Waals surface area contributed by atoms with E-state index in [1.54, 1.807) is 0 Å². The number of hydrogen-bond acceptors (Lipinski definition) is 4. The Morgan fingerprint density at radius 1 is 1.28 bits per heavy atom. The fraction of sp³-hybridized carbons (Fsp3) is 0.500. The van der Waals surface area contributed by atoms with Gasteiger partial charge in [-0.2, -0.15) is 0 Å². The summed E-state index contributed by atoms with van der Waals surface area (Å²) in [4.78, 5) is 25.0. The Balaban J connectivity index is 0.00000288. The van der Waals surface area contributed by atoms with Gasteiger partial charge >= 0.3 is 0 Å². The molecule has 4 N–H and O–H groups in total. The van der Waals surface area contributed by atoms with Crippen molar-refractivity contribution in [1.82, 2.24) is 10.6 Å². The summed E-state index contributed by atoms with van der Waals surface area (Å²) in [6.45, 7) is 4.38. The molecule has 2 rings (SSSR count). The number of carbonyl (C=O) groups excluding carboxylic acids is 2. The van der Waals surface area contributed by atoms with Crippen molar-refractivity contribution in [3.63, 3.8) is 0 Å². The molecule has 1 saturated heterocycles. The van der Waals surface area contributed by atoms with E-state index >= 15 is 0 Å². The van der Waals surface area contributed by atoms with Crippen LogP contribution in [0.25, 0.3) is 0 Å². The number of halogens is 3. The molecule has 1 heterocycles. The highest BCUT2D eigenvalue weighted by Gasteiger charge is 2.24. The van der Waals surface area contributed by atoms with Gasteiger partial charge in [0.1, 0.15) is 0 Å². The zero-order valence-electron chi connectivity index (χ0n) is 14.1. The highest BCUT2D eigenvalue weighted by molar-refractivity contribution is 6.30. The minimum absolute atomic E-state index is 0. The predicted octanol–water partition coefficient (Wildman–Crippen LogP) is 1.51. The molecule has 0 aromatic heterocycles. The minimum Gasteiger partial charge on any atom is -0.371 e. The number of hydrogen-bond donors (Lipinski definition) is 3. The van der Waals surface area contributed by atoms with Crippen LogP contribution in [0.5, 0.6) is 0 Å². The van der Waals surface area contributed by atoms with Crippen molar-refractivity contribution in [2.45, 2.75) is 13.3 Å². The van der Waals surface area contributed by atoms with E-state index in [4.69, 9.17) is 17.3 Å². The van der Waals surface area contributed by atoms with E-state index in [1.165, 1.54) is 5.56 Å². The van der Waals surface area contributed by atoms with Gasteiger partial charge in [-0.3, -0.25) is 9.59 Å². The van der Waals surface area contributed by atoms with E-state index in [0.717, 1.165) is 30.2 Å². The van der Waals surface area contributed by atoms with Crippen molar-refractivity contribution in [3.8, 4) is 0 Å². The van der Waals surface area contributed by atoms with Crippen molar-refractivity contribution in [3.05, 3.63) is 28.8 Å². The van der Waals surface area contributed by atoms with Gasteiger partial charge in [-0.25, -0.2) is 0 Å². The topological polar surface area (TPSA) is 87.5 Å². The number of anilines is 1. The number of nitrogens with zero attached hydrogens (tertiary/aromatic N) is 1. The molecule has 0 bridgehead atoms. The largest absolute Gasteiger partial charge is 0.371 e. The zero-order chi connectivity index (χ0) is 16.8. The van der Waals surface area contributed by atoms with Crippen molar-refractivity contribution < 1.29 is 9.59 Å². The molecule has 1 aromatic carbocycles. The lowest BCUT2D eigenvalue weighted by Gasteiger charge is -2.21. The Hall–Kier alpha value is -1.21. The molecule has 1 aromatic rings. The van der Waals surface area contributed by atoms with Gasteiger partial charge in [-0.1, -0.05) is 17.7 Å². The molecule has 0 radical (unpaired) electrons. The van der Waals surface area contributed by atoms with Crippen LogP contribution in [0, 0.1) is 12.8 Å². The van der Waals surface area contributed by atoms with Gasteiger partial charge < -0.3 is 21.3 Å². The van der Waals surface area contributed by atoms with Gasteiger partial charge in [0.2, 0.25) is 11.8 Å². The second-order valence-electron chi connectivity index (χ2n) is 5.82. The normalized spacial score (nSPS) is 15.8. The van der Waals surface area contributed by atoms with Crippen LogP contribution < -0.4 is 21.3 Å². The Morgan fingerprint density at radius 2 is 2.00 bits per heavy atom. The Kier molecular flexibility index (Phi) is 10.9. The number of benzene rings is 1. The molecule has 2 amide bonds. The van der Waals surface area contributed by atoms with E-state index in [9.17, 15) is 9.59 Å². The van der Waals surface area contributed by atoms with Crippen LogP contribution >= 0.6 is 36.4 Å². The van der Waals surface area contributed by atoms with Crippen molar-refractivity contribution >= 4 is 53.9 Å². The average Bonchev–Trinajstić information content (AvgIpc) is 3.01. The third-order valence-corrected chi connectivity index (χ3v) is 4.25. The van der Waals surface area contributed by atoms with E-state index in [2.05, 4.69) is 22.5 Å². The van der Waals surface area contributed by atoms with Crippen LogP contribution in [0.1, 0.15) is 12.0 Å². The Morgan fingerprint density at radius 3 is 2.68 bits per heavy atom. The van der Waals surface area contributed by atoms with E-state index < -0.39 is 0 Å². The molecule has 142 valence electrons. The number of nitrogens with one attached hydrogen (secondary N) is 2. The summed E-state index contributed by atoms with van der Waals surface area (Å²) in [5.41, 5.74) is 7.52. The average molecular weight is 412 g/mol. The Bertz CT molecular complexity index is 586. The first-order valence-electron chi connectivity index (χ1n) is 7.74. The molecular weight excluding hydrogens is 387 g/mol. The molecule has 0 spiro atoms. The molecule has 1 fully saturated rings. The second-order valence-corrected chi connectivity index (χ2v) is 6.25. The van der Waals surface area contributed by atoms with Gasteiger partial charge in [-0.05, 0) is 37.0 Å². The van der Waals surface area contributed by atoms with Crippen molar-refractivity contribution in [2.24, 2.45) is 11.7 Å². The van der Waals surface area contributed by atoms with Gasteiger partial charge in [0.25, 0.3) is 0 Å². The van der Waals surface area contributed by atoms with Crippen molar-refractivity contribution in [1.29, 1.82) is 0 Å². The maximum absolute atomic E-state index is 11.7. The summed E-state index contributed by atoms with van der Waals surface area (Å²) in [6.07, 6.45) is 1.02. The van der Waals surface area contributed by atoms with E-state index in [1.807, 2.05) is 18.2 Å². The summed E-state index contributed by atoms with van der Waals surface area (Å²) in [7, 11) is 0. The Labute approximate surface area is 165 Å². The van der Waals surface area contributed by atoms with Gasteiger partial charge in [0, 0.05) is 30.3 Å². The molecule has 1 aliphatic heterocycles. The minimum atomic E-state index is -0.330. The molecule has 6 nitrogen and oxygen atoms in total. The number of aryl methyl sites for hydroxylation is 1. The highest BCUT2D eigenvalue weighted by Crippen LogP contribution is 2.29. The monoisotopic (exact) mass is 410 g/mol. The second kappa shape index (κ2) is 11.4. The maximum atomic E-state index is 11.7. The summed E-state index contributed by atoms with van der Waals surface area (Å²) in [5.74, 6) is -0.129. The van der Waals surface area contributed by atoms with Gasteiger partial charge in [-0.15, -0.1) is 24.8 Å². The molecular formula is C16H25Cl3N4O2. The van der Waals surface area contributed by atoms with E-state index in [0.29, 0.717) is 12.5 Å². The van der Waals surface area contributed by atoms with Gasteiger partial charge in [0.05, 0.1) is 13.1 Å². The van der Waals surface area contributed by atoms with Crippen LogP contribution in [-0.2, 0) is 9.59 Å². The maximum Gasteiger partial charge on any atom is 0.239 e. The van der Waals surface area contributed by atoms with Crippen LogP contribution in [0.15, 0.2) is 18.2 Å². The summed E-state index contributed by atoms with van der Waals surface area (Å²) < 4.78 is 0. The van der Waals surface area contributed by atoms with Crippen LogP contribution in [-0.4, -0.2) is 44.5 Å². The van der Waals surface area contributed by atoms with E-state index in [-0.39, 0.29) is 49.7 Å². The molecule has 9 heteroatoms. The lowest BCUT2D eigenvalue weighted by atomic mass is 10.1. The molecule has 1 atom stereocenters. The predicted molar refractivity (Wildman–Crippen MR) is 106 cm³/mol. The highest BCUT2D eigenvalue weighted by atomic mass is 35.5. The van der Waals surface area contributed by atoms with Crippen LogP contribution in [0.2, 0.25) is 5.02 Å². The first-order valence-corrected chi connectivity index (χ1v) is 8.12. The number of amides is 2. The quantitative estimate of drug-likeness (QED) is 0.662. The smallest absolute Gasteiger partial charge is 0.239 e. The fourth-order valence-corrected chi connectivity index (χ4v) is 2.88. The number of nitrogens with two attached hydrogens (primary N) is 1. The number of rotatable bonds is 6. The lowest BCUT2D eigenvalue weighted by molar-refractivity contribution is -0.125. The standard InChI is InChI=1S/C16H23ClN4O2.2ClH/c1-11-2-3-13(17)6-14(11)21-5-4-12(10-21)8-19-16(23)9-20-15(22)7-18;;/h2-3,6,12H,4-5,7-10,18H2,1H3,(H,19,23)(H,20,22);2*1H. The third kappa shape index (κ3) is 7.28. The molecule has 1 aliphatic rings. The third-order valence-electron chi connectivity index (χ3n) is 4.02. The zero-order valence-corrected chi connectivity index (χ0v) is 16.5. The summed E-state index contributed by atoms with van der Waals surface area (Å²) >= 11 is 6.08. The SMILES string of the molecule is Cc1ccc(Cl)cc1N1CCC(CNC(=O)CNC(=O)CN)C1.Cl.Cl. The molecule has 1 unspecified atom stereocenters. The van der Waals surface area contributed by atoms with Gasteiger partial charge in [0.15, 0.2) is 0 Å². The fourth-order valence-electron chi connectivity index (χ4n) is 2.71. The lowest BCUT2D eigenvalue weighted by Crippen LogP contribution is -2.41. The summed E-state index contributed by atoms with van der Waals surface area (Å²) in [6, 6.07) is 5.90. The van der Waals surface area contributed by atoms with Crippen LogP contribution in [0.4, 0.5) is 5.69 Å². The number of carbonyl (C=O) groups is 2. The molecule has 0 saturated carbocycles. The van der Waals surface area contributed by atoms with Crippen molar-refractivity contribution in [2.75, 3.05) is 37.6 Å². The van der Waals surface area contributed by atoms with Crippen LogP contribution in [0.3, 0.4) is 0 Å². The first-order chi connectivity index (χ1) is 11.0. The first kappa shape index (κ1) is 23.8.